The summed E-state index contributed by atoms with van der Waals surface area (Å²) in [5, 5.41) is 9.32. The van der Waals surface area contributed by atoms with Gasteiger partial charge < -0.3 is 9.64 Å². The van der Waals surface area contributed by atoms with Crippen molar-refractivity contribution in [3.63, 3.8) is 0 Å². The summed E-state index contributed by atoms with van der Waals surface area (Å²) in [4.78, 5) is 14.4. The van der Waals surface area contributed by atoms with Crippen LogP contribution in [0.1, 0.15) is 59.6 Å². The minimum atomic E-state index is -3.74. The normalized spacial score (nSPS) is 20.1. The topological polar surface area (TPSA) is 108 Å². The molecule has 0 saturated carbocycles. The Labute approximate surface area is 162 Å². The van der Waals surface area contributed by atoms with E-state index in [2.05, 4.69) is 18.9 Å². The van der Waals surface area contributed by atoms with E-state index in [1.54, 1.807) is 11.6 Å². The molecular formula is C18H32N4O4S. The number of nitrogens with zero attached hydrogens (tertiary/aromatic N) is 3. The van der Waals surface area contributed by atoms with Gasteiger partial charge in [0, 0.05) is 18.6 Å². The number of amides is 1. The number of carbonyl (C=O) groups excluding carboxylic acids is 1. The molecule has 2 N–H and O–H groups in total. The Hall–Kier alpha value is -1.61. The van der Waals surface area contributed by atoms with Crippen molar-refractivity contribution in [3.05, 3.63) is 11.9 Å². The third-order valence-electron chi connectivity index (χ3n) is 4.92. The van der Waals surface area contributed by atoms with Gasteiger partial charge >= 0.3 is 6.09 Å². The fourth-order valence-corrected chi connectivity index (χ4v) is 4.39. The van der Waals surface area contributed by atoms with Gasteiger partial charge in [-0.05, 0) is 66.7 Å². The molecule has 0 spiro atoms. The van der Waals surface area contributed by atoms with Crippen LogP contribution in [0.2, 0.25) is 0 Å². The highest BCUT2D eigenvalue weighted by molar-refractivity contribution is 7.89. The lowest BCUT2D eigenvalue weighted by molar-refractivity contribution is 0.0131. The molecule has 1 fully saturated rings. The van der Waals surface area contributed by atoms with Crippen LogP contribution in [0.3, 0.4) is 0 Å². The van der Waals surface area contributed by atoms with E-state index < -0.39 is 15.6 Å². The average molecular weight is 401 g/mol. The third-order valence-corrected chi connectivity index (χ3v) is 5.93. The molecule has 0 bridgehead atoms. The van der Waals surface area contributed by atoms with Crippen LogP contribution in [-0.2, 0) is 21.3 Å². The molecule has 1 aromatic rings. The molecule has 1 aromatic heterocycles. The number of rotatable bonds is 5. The summed E-state index contributed by atoms with van der Waals surface area (Å²) < 4.78 is 30.2. The van der Waals surface area contributed by atoms with E-state index in [1.165, 1.54) is 6.20 Å². The number of primary sulfonamides is 1. The number of carbonyl (C=O) groups is 1. The van der Waals surface area contributed by atoms with Gasteiger partial charge in [-0.25, -0.2) is 18.4 Å². The first-order chi connectivity index (χ1) is 12.2. The highest BCUT2D eigenvalue weighted by Crippen LogP contribution is 2.36. The Balaban J connectivity index is 1.93. The maximum Gasteiger partial charge on any atom is 0.410 e. The number of sulfonamides is 1. The number of hydrogen-bond acceptors (Lipinski definition) is 5. The molecule has 0 aromatic carbocycles. The van der Waals surface area contributed by atoms with Gasteiger partial charge in [-0.15, -0.1) is 0 Å². The molecule has 1 amide bonds. The molecule has 1 atom stereocenters. The minimum Gasteiger partial charge on any atom is -0.444 e. The molecule has 1 aliphatic rings. The van der Waals surface area contributed by atoms with Crippen molar-refractivity contribution in [2.75, 3.05) is 6.54 Å². The summed E-state index contributed by atoms with van der Waals surface area (Å²) in [5.74, 6) is 0.376. The number of aromatic nitrogens is 2. The number of hydrogen-bond donors (Lipinski definition) is 1. The Morgan fingerprint density at radius 3 is 2.56 bits per heavy atom. The van der Waals surface area contributed by atoms with E-state index in [-0.39, 0.29) is 16.5 Å². The summed E-state index contributed by atoms with van der Waals surface area (Å²) in [6.45, 7) is 12.7. The van der Waals surface area contributed by atoms with Gasteiger partial charge in [-0.1, -0.05) is 0 Å². The van der Waals surface area contributed by atoms with Crippen molar-refractivity contribution in [1.82, 2.24) is 14.7 Å². The van der Waals surface area contributed by atoms with Crippen molar-refractivity contribution in [1.29, 1.82) is 0 Å². The SMILES string of the molecule is Cc1c(S(N)(=O)=O)cnn1CCCC1CN(C(=O)OC(C)(C)C)C(C)(C)C1. The zero-order valence-corrected chi connectivity index (χ0v) is 18.0. The summed E-state index contributed by atoms with van der Waals surface area (Å²) in [7, 11) is -3.74. The second-order valence-electron chi connectivity index (χ2n) is 8.98. The predicted octanol–water partition coefficient (Wildman–Crippen LogP) is 2.65. The Kier molecular flexibility index (Phi) is 5.96. The molecule has 154 valence electrons. The number of aryl methyl sites for hydroxylation is 1. The maximum absolute atomic E-state index is 12.5. The number of likely N-dealkylation sites (tertiary alicyclic amines) is 1. The molecule has 9 heteroatoms. The van der Waals surface area contributed by atoms with Gasteiger partial charge in [0.2, 0.25) is 10.0 Å². The summed E-state index contributed by atoms with van der Waals surface area (Å²) in [6.07, 6.45) is 3.71. The van der Waals surface area contributed by atoms with Crippen LogP contribution in [0.4, 0.5) is 4.79 Å². The van der Waals surface area contributed by atoms with Crippen molar-refractivity contribution in [3.8, 4) is 0 Å². The standard InChI is InChI=1S/C18H32N4O4S/c1-13-15(27(19,24)25)11-20-22(13)9-7-8-14-10-18(5,6)21(12-14)16(23)26-17(2,3)4/h11,14H,7-10,12H2,1-6H3,(H2,19,24,25). The molecule has 1 saturated heterocycles. The quantitative estimate of drug-likeness (QED) is 0.817. The Morgan fingerprint density at radius 2 is 2.04 bits per heavy atom. The van der Waals surface area contributed by atoms with Crippen LogP contribution in [0.25, 0.3) is 0 Å². The van der Waals surface area contributed by atoms with Gasteiger partial charge in [-0.2, -0.15) is 5.10 Å². The Morgan fingerprint density at radius 1 is 1.41 bits per heavy atom. The smallest absolute Gasteiger partial charge is 0.410 e. The van der Waals surface area contributed by atoms with Crippen molar-refractivity contribution in [2.45, 2.75) is 83.4 Å². The average Bonchev–Trinajstić information content (AvgIpc) is 2.97. The lowest BCUT2D eigenvalue weighted by atomic mass is 9.93. The molecular weight excluding hydrogens is 368 g/mol. The lowest BCUT2D eigenvalue weighted by Crippen LogP contribution is -2.45. The monoisotopic (exact) mass is 400 g/mol. The van der Waals surface area contributed by atoms with Gasteiger partial charge in [0.25, 0.3) is 0 Å². The molecule has 2 rings (SSSR count). The molecule has 2 heterocycles. The highest BCUT2D eigenvalue weighted by Gasteiger charge is 2.42. The van der Waals surface area contributed by atoms with E-state index in [0.717, 1.165) is 19.3 Å². The van der Waals surface area contributed by atoms with Crippen molar-refractivity contribution in [2.24, 2.45) is 11.1 Å². The van der Waals surface area contributed by atoms with Crippen LogP contribution >= 0.6 is 0 Å². The number of ether oxygens (including phenoxy) is 1. The zero-order chi connectivity index (χ0) is 20.6. The van der Waals surface area contributed by atoms with E-state index in [9.17, 15) is 13.2 Å². The van der Waals surface area contributed by atoms with E-state index in [4.69, 9.17) is 9.88 Å². The molecule has 0 radical (unpaired) electrons. The first-order valence-corrected chi connectivity index (χ1v) is 10.8. The van der Waals surface area contributed by atoms with Crippen LogP contribution in [0.5, 0.6) is 0 Å². The number of nitrogens with two attached hydrogens (primary N) is 1. The second-order valence-corrected chi connectivity index (χ2v) is 10.5. The minimum absolute atomic E-state index is 0.0700. The molecule has 1 aliphatic heterocycles. The van der Waals surface area contributed by atoms with E-state index in [1.807, 2.05) is 25.7 Å². The van der Waals surface area contributed by atoms with Crippen LogP contribution in [-0.4, -0.2) is 46.9 Å². The summed E-state index contributed by atoms with van der Waals surface area (Å²) in [6, 6.07) is 0. The molecule has 0 aliphatic carbocycles. The summed E-state index contributed by atoms with van der Waals surface area (Å²) >= 11 is 0. The maximum atomic E-state index is 12.5. The molecule has 8 nitrogen and oxygen atoms in total. The van der Waals surface area contributed by atoms with E-state index >= 15 is 0 Å². The zero-order valence-electron chi connectivity index (χ0n) is 17.2. The van der Waals surface area contributed by atoms with Crippen LogP contribution < -0.4 is 5.14 Å². The second kappa shape index (κ2) is 7.43. The third kappa shape index (κ3) is 5.44. The van der Waals surface area contributed by atoms with Crippen molar-refractivity contribution >= 4 is 16.1 Å². The lowest BCUT2D eigenvalue weighted by Gasteiger charge is -2.33. The highest BCUT2D eigenvalue weighted by atomic mass is 32.2. The fourth-order valence-electron chi connectivity index (χ4n) is 3.68. The fraction of sp³-hybridized carbons (Fsp3) is 0.778. The van der Waals surface area contributed by atoms with E-state index in [0.29, 0.717) is 24.7 Å². The van der Waals surface area contributed by atoms with Crippen LogP contribution in [0, 0.1) is 12.8 Å². The first kappa shape index (κ1) is 21.7. The van der Waals surface area contributed by atoms with Gasteiger partial charge in [0.15, 0.2) is 0 Å². The predicted molar refractivity (Wildman–Crippen MR) is 103 cm³/mol. The van der Waals surface area contributed by atoms with Gasteiger partial charge in [0.05, 0.1) is 11.9 Å². The Bertz CT molecular complexity index is 793. The van der Waals surface area contributed by atoms with Crippen molar-refractivity contribution < 1.29 is 17.9 Å². The van der Waals surface area contributed by atoms with Gasteiger partial charge in [-0.3, -0.25) is 4.68 Å². The first-order valence-electron chi connectivity index (χ1n) is 9.26. The van der Waals surface area contributed by atoms with Crippen LogP contribution in [0.15, 0.2) is 11.1 Å². The largest absolute Gasteiger partial charge is 0.444 e. The summed E-state index contributed by atoms with van der Waals surface area (Å²) in [5.41, 5.74) is -0.195. The van der Waals surface area contributed by atoms with Gasteiger partial charge in [0.1, 0.15) is 10.5 Å². The molecule has 1 unspecified atom stereocenters. The molecule has 27 heavy (non-hydrogen) atoms.